The van der Waals surface area contributed by atoms with Gasteiger partial charge in [-0.25, -0.2) is 4.39 Å². The molecule has 1 aromatic rings. The first-order chi connectivity index (χ1) is 10.6. The number of fused-ring (bicyclic) bond motifs is 1. The van der Waals surface area contributed by atoms with Gasteiger partial charge in [0.05, 0.1) is 18.9 Å². The van der Waals surface area contributed by atoms with E-state index in [1.165, 1.54) is 12.1 Å². The van der Waals surface area contributed by atoms with Gasteiger partial charge in [-0.15, -0.1) is 12.4 Å². The number of aryl methyl sites for hydroxylation is 1. The van der Waals surface area contributed by atoms with Gasteiger partial charge in [0.15, 0.2) is 0 Å². The van der Waals surface area contributed by atoms with Crippen LogP contribution in [0, 0.1) is 5.82 Å². The second-order valence-electron chi connectivity index (χ2n) is 5.52. The minimum absolute atomic E-state index is 0. The van der Waals surface area contributed by atoms with Crippen LogP contribution < -0.4 is 16.0 Å². The molecule has 1 unspecified atom stereocenters. The van der Waals surface area contributed by atoms with Crippen molar-refractivity contribution in [2.24, 2.45) is 0 Å². The van der Waals surface area contributed by atoms with Crippen molar-refractivity contribution in [2.75, 3.05) is 30.4 Å². The Hall–Kier alpha value is -1.70. The average Bonchev–Trinajstić information content (AvgIpc) is 2.49. The summed E-state index contributed by atoms with van der Waals surface area (Å²) in [6.07, 6.45) is 1.07. The lowest BCUT2D eigenvalue weighted by molar-refractivity contribution is -0.117. The molecule has 1 atom stereocenters. The molecule has 0 aromatic heterocycles. The highest BCUT2D eigenvalue weighted by Gasteiger charge is 2.20. The number of benzene rings is 1. The third-order valence-electron chi connectivity index (χ3n) is 3.79. The van der Waals surface area contributed by atoms with E-state index in [9.17, 15) is 14.0 Å². The van der Waals surface area contributed by atoms with Crippen molar-refractivity contribution in [3.05, 3.63) is 23.5 Å². The van der Waals surface area contributed by atoms with E-state index in [0.29, 0.717) is 38.3 Å². The van der Waals surface area contributed by atoms with Gasteiger partial charge in [-0.1, -0.05) is 0 Å². The molecule has 0 aliphatic carbocycles. The molecule has 3 rings (SSSR count). The molecule has 1 fully saturated rings. The molecule has 0 bridgehead atoms. The summed E-state index contributed by atoms with van der Waals surface area (Å²) in [5.41, 5.74) is 1.40. The number of carbonyl (C=O) groups is 2. The topological polar surface area (TPSA) is 79.5 Å². The van der Waals surface area contributed by atoms with E-state index in [1.807, 2.05) is 0 Å². The highest BCUT2D eigenvalue weighted by molar-refractivity contribution is 5.96. The van der Waals surface area contributed by atoms with Gasteiger partial charge < -0.3 is 20.7 Å². The summed E-state index contributed by atoms with van der Waals surface area (Å²) >= 11 is 0. The smallest absolute Gasteiger partial charge is 0.226 e. The van der Waals surface area contributed by atoms with Crippen molar-refractivity contribution in [3.63, 3.8) is 0 Å². The van der Waals surface area contributed by atoms with E-state index in [1.54, 1.807) is 0 Å². The van der Waals surface area contributed by atoms with E-state index >= 15 is 0 Å². The number of morpholine rings is 1. The van der Waals surface area contributed by atoms with Crippen LogP contribution in [0.15, 0.2) is 12.1 Å². The summed E-state index contributed by atoms with van der Waals surface area (Å²) in [6, 6.07) is 2.78. The highest BCUT2D eigenvalue weighted by Crippen LogP contribution is 2.28. The van der Waals surface area contributed by atoms with Gasteiger partial charge in [-0.05, 0) is 24.1 Å². The number of hydrogen-bond acceptors (Lipinski definition) is 4. The second kappa shape index (κ2) is 7.72. The molecule has 23 heavy (non-hydrogen) atoms. The number of ether oxygens (including phenoxy) is 1. The van der Waals surface area contributed by atoms with Crippen LogP contribution in [0.1, 0.15) is 18.4 Å². The number of amides is 2. The fraction of sp³-hybridized carbons (Fsp3) is 0.467. The lowest BCUT2D eigenvalue weighted by atomic mass is 10.0. The summed E-state index contributed by atoms with van der Waals surface area (Å²) in [5.74, 6) is -0.875. The van der Waals surface area contributed by atoms with Crippen LogP contribution in [0.5, 0.6) is 0 Å². The van der Waals surface area contributed by atoms with Crippen LogP contribution in [-0.2, 0) is 20.7 Å². The molecule has 2 heterocycles. The molecule has 6 nitrogen and oxygen atoms in total. The molecule has 1 saturated heterocycles. The normalized spacial score (nSPS) is 20.0. The van der Waals surface area contributed by atoms with Gasteiger partial charge in [0.2, 0.25) is 11.8 Å². The van der Waals surface area contributed by atoms with Gasteiger partial charge in [-0.2, -0.15) is 0 Å². The largest absolute Gasteiger partial charge is 0.378 e. The van der Waals surface area contributed by atoms with Crippen molar-refractivity contribution >= 4 is 35.6 Å². The summed E-state index contributed by atoms with van der Waals surface area (Å²) in [5, 5.41) is 8.42. The van der Waals surface area contributed by atoms with E-state index < -0.39 is 5.82 Å². The summed E-state index contributed by atoms with van der Waals surface area (Å²) < 4.78 is 19.3. The van der Waals surface area contributed by atoms with Crippen LogP contribution in [0.25, 0.3) is 0 Å². The Balaban J connectivity index is 0.00000192. The lowest BCUT2D eigenvalue weighted by Gasteiger charge is -2.23. The molecular weight excluding hydrogens is 325 g/mol. The molecule has 2 amide bonds. The van der Waals surface area contributed by atoms with E-state index in [2.05, 4.69) is 16.0 Å². The molecule has 0 radical (unpaired) electrons. The third kappa shape index (κ3) is 4.40. The van der Waals surface area contributed by atoms with E-state index in [-0.39, 0.29) is 42.4 Å². The number of rotatable bonds is 3. The molecule has 1 aromatic carbocycles. The zero-order chi connectivity index (χ0) is 15.5. The maximum absolute atomic E-state index is 14.0. The maximum Gasteiger partial charge on any atom is 0.226 e. The molecule has 0 saturated carbocycles. The van der Waals surface area contributed by atoms with Gasteiger partial charge >= 0.3 is 0 Å². The highest BCUT2D eigenvalue weighted by atomic mass is 35.5. The Morgan fingerprint density at radius 2 is 2.22 bits per heavy atom. The van der Waals surface area contributed by atoms with Crippen molar-refractivity contribution < 1.29 is 18.7 Å². The molecule has 0 spiro atoms. The summed E-state index contributed by atoms with van der Waals surface area (Å²) in [7, 11) is 0. The minimum Gasteiger partial charge on any atom is -0.378 e. The second-order valence-corrected chi connectivity index (χ2v) is 5.52. The molecule has 2 aliphatic heterocycles. The molecule has 2 aliphatic rings. The van der Waals surface area contributed by atoms with Gasteiger partial charge in [-0.3, -0.25) is 9.59 Å². The molecule has 3 N–H and O–H groups in total. The number of anilines is 2. The Morgan fingerprint density at radius 3 is 2.96 bits per heavy atom. The first kappa shape index (κ1) is 17.7. The zero-order valence-electron chi connectivity index (χ0n) is 12.5. The van der Waals surface area contributed by atoms with E-state index in [4.69, 9.17) is 4.74 Å². The first-order valence-electron chi connectivity index (χ1n) is 7.35. The summed E-state index contributed by atoms with van der Waals surface area (Å²) in [6.45, 7) is 1.81. The fourth-order valence-electron chi connectivity index (χ4n) is 2.67. The van der Waals surface area contributed by atoms with Crippen LogP contribution in [0.4, 0.5) is 15.8 Å². The predicted octanol–water partition coefficient (Wildman–Crippen LogP) is 1.45. The quantitative estimate of drug-likeness (QED) is 0.776. The molecule has 8 heteroatoms. The Labute approximate surface area is 139 Å². The minimum atomic E-state index is -0.490. The number of carbonyl (C=O) groups excluding carboxylic acids is 2. The Bertz CT molecular complexity index is 606. The van der Waals surface area contributed by atoms with Crippen molar-refractivity contribution in [1.29, 1.82) is 0 Å². The van der Waals surface area contributed by atoms with Crippen molar-refractivity contribution in [2.45, 2.75) is 25.3 Å². The predicted molar refractivity (Wildman–Crippen MR) is 86.5 cm³/mol. The number of halogens is 2. The van der Waals surface area contributed by atoms with Crippen LogP contribution >= 0.6 is 12.4 Å². The lowest BCUT2D eigenvalue weighted by Crippen LogP contribution is -2.43. The van der Waals surface area contributed by atoms with Crippen LogP contribution in [0.2, 0.25) is 0 Å². The van der Waals surface area contributed by atoms with Gasteiger partial charge in [0.25, 0.3) is 0 Å². The maximum atomic E-state index is 14.0. The Morgan fingerprint density at radius 1 is 1.39 bits per heavy atom. The van der Waals surface area contributed by atoms with Crippen LogP contribution in [0.3, 0.4) is 0 Å². The summed E-state index contributed by atoms with van der Waals surface area (Å²) in [4.78, 5) is 23.4. The Kier molecular flexibility index (Phi) is 5.92. The van der Waals surface area contributed by atoms with Gasteiger partial charge in [0, 0.05) is 31.1 Å². The van der Waals surface area contributed by atoms with Gasteiger partial charge in [0.1, 0.15) is 5.82 Å². The van der Waals surface area contributed by atoms with Crippen LogP contribution in [-0.4, -0.2) is 37.6 Å². The van der Waals surface area contributed by atoms with Crippen molar-refractivity contribution in [3.8, 4) is 0 Å². The standard InChI is InChI=1S/C15H18FN3O3.ClH/c16-11-5-9-1-2-14(20)18-12(9)7-13(11)19-15(21)6-10-8-22-4-3-17-10;/h5,7,10,17H,1-4,6,8H2,(H,18,20)(H,19,21);1H. The number of nitrogens with one attached hydrogen (secondary N) is 3. The fourth-order valence-corrected chi connectivity index (χ4v) is 2.67. The van der Waals surface area contributed by atoms with Crippen molar-refractivity contribution in [1.82, 2.24) is 5.32 Å². The van der Waals surface area contributed by atoms with E-state index in [0.717, 1.165) is 5.56 Å². The first-order valence-corrected chi connectivity index (χ1v) is 7.35. The zero-order valence-corrected chi connectivity index (χ0v) is 13.3. The molecular formula is C15H19ClFN3O3. The monoisotopic (exact) mass is 343 g/mol. The average molecular weight is 344 g/mol. The SMILES string of the molecule is Cl.O=C(CC1COCCN1)Nc1cc2c(cc1F)CCC(=O)N2. The molecule has 126 valence electrons. The third-order valence-corrected chi connectivity index (χ3v) is 3.79. The number of hydrogen-bond donors (Lipinski definition) is 3.